The Hall–Kier alpha value is -2.15. The van der Waals surface area contributed by atoms with Crippen molar-refractivity contribution in [3.8, 4) is 0 Å². The van der Waals surface area contributed by atoms with Crippen molar-refractivity contribution in [1.29, 1.82) is 0 Å². The molecule has 0 aromatic carbocycles. The quantitative estimate of drug-likeness (QED) is 0.841. The number of imidazole rings is 1. The molecule has 7 heteroatoms. The maximum atomic E-state index is 13.3. The summed E-state index contributed by atoms with van der Waals surface area (Å²) in [5.74, 6) is 1.29. The third-order valence-electron chi connectivity index (χ3n) is 6.13. The topological polar surface area (TPSA) is 80.9 Å². The Balaban J connectivity index is 1.52. The molecule has 3 heterocycles. The maximum Gasteiger partial charge on any atom is 0.227 e. The number of hydrogen-bond donors (Lipinski definition) is 2. The van der Waals surface area contributed by atoms with Gasteiger partial charge >= 0.3 is 0 Å². The second kappa shape index (κ2) is 7.11. The molecule has 1 amide bonds. The van der Waals surface area contributed by atoms with Crippen LogP contribution in [0.2, 0.25) is 0 Å². The van der Waals surface area contributed by atoms with Gasteiger partial charge in [0.25, 0.3) is 0 Å². The molecule has 2 aromatic heterocycles. The molecule has 7 nitrogen and oxygen atoms in total. The zero-order chi connectivity index (χ0) is 19.1. The SMILES string of the molecule is CCc1nc([C@H]2CN(C)C[C@@H]2C(=O)N(C)Cc2n[nH]c3c2CCC3)c(C)[nH]1. The van der Waals surface area contributed by atoms with Gasteiger partial charge in [-0.15, -0.1) is 0 Å². The largest absolute Gasteiger partial charge is 0.346 e. The van der Waals surface area contributed by atoms with Crippen molar-refractivity contribution in [3.05, 3.63) is 34.2 Å². The number of rotatable bonds is 5. The smallest absolute Gasteiger partial charge is 0.227 e. The number of carbonyl (C=O) groups is 1. The second-order valence-electron chi connectivity index (χ2n) is 8.16. The Bertz CT molecular complexity index is 838. The summed E-state index contributed by atoms with van der Waals surface area (Å²) in [5, 5.41) is 7.61. The Labute approximate surface area is 160 Å². The first-order chi connectivity index (χ1) is 13.0. The molecular formula is C20H30N6O. The van der Waals surface area contributed by atoms with E-state index in [9.17, 15) is 4.79 Å². The zero-order valence-corrected chi connectivity index (χ0v) is 16.8. The van der Waals surface area contributed by atoms with Crippen molar-refractivity contribution in [2.45, 2.75) is 52.0 Å². The predicted molar refractivity (Wildman–Crippen MR) is 104 cm³/mol. The van der Waals surface area contributed by atoms with E-state index in [1.54, 1.807) is 0 Å². The van der Waals surface area contributed by atoms with Gasteiger partial charge in [-0.05, 0) is 38.8 Å². The lowest BCUT2D eigenvalue weighted by atomic mass is 9.90. The average Bonchev–Trinajstić information content (AvgIpc) is 3.39. The molecular weight excluding hydrogens is 340 g/mol. The van der Waals surface area contributed by atoms with E-state index in [1.165, 1.54) is 17.7 Å². The lowest BCUT2D eigenvalue weighted by molar-refractivity contribution is -0.134. The highest BCUT2D eigenvalue weighted by Crippen LogP contribution is 2.34. The van der Waals surface area contributed by atoms with Crippen LogP contribution in [-0.4, -0.2) is 63.1 Å². The summed E-state index contributed by atoms with van der Waals surface area (Å²) in [4.78, 5) is 25.6. The van der Waals surface area contributed by atoms with Crippen LogP contribution < -0.4 is 0 Å². The first kappa shape index (κ1) is 18.2. The molecule has 2 aliphatic rings. The van der Waals surface area contributed by atoms with Gasteiger partial charge in [0.1, 0.15) is 5.82 Å². The molecule has 2 aromatic rings. The van der Waals surface area contributed by atoms with Crippen molar-refractivity contribution in [3.63, 3.8) is 0 Å². The number of aryl methyl sites for hydroxylation is 3. The third-order valence-corrected chi connectivity index (χ3v) is 6.13. The highest BCUT2D eigenvalue weighted by molar-refractivity contribution is 5.80. The minimum atomic E-state index is -0.0568. The number of amides is 1. The Morgan fingerprint density at radius 1 is 1.33 bits per heavy atom. The van der Waals surface area contributed by atoms with Gasteiger partial charge in [-0.25, -0.2) is 4.98 Å². The second-order valence-corrected chi connectivity index (χ2v) is 8.16. The lowest BCUT2D eigenvalue weighted by Gasteiger charge is -2.24. The van der Waals surface area contributed by atoms with Crippen molar-refractivity contribution < 1.29 is 4.79 Å². The van der Waals surface area contributed by atoms with Crippen LogP contribution in [0.5, 0.6) is 0 Å². The lowest BCUT2D eigenvalue weighted by Crippen LogP contribution is -2.36. The molecule has 0 saturated carbocycles. The normalized spacial score (nSPS) is 22.4. The molecule has 2 N–H and O–H groups in total. The predicted octanol–water partition coefficient (Wildman–Crippen LogP) is 1.80. The number of likely N-dealkylation sites (tertiary alicyclic amines) is 1. The van der Waals surface area contributed by atoms with E-state index in [0.717, 1.165) is 55.3 Å². The molecule has 0 bridgehead atoms. The summed E-state index contributed by atoms with van der Waals surface area (Å²) in [6.45, 7) is 6.40. The number of aromatic nitrogens is 4. The van der Waals surface area contributed by atoms with Gasteiger partial charge in [0.2, 0.25) is 5.91 Å². The fourth-order valence-electron chi connectivity index (χ4n) is 4.70. The van der Waals surface area contributed by atoms with Crippen molar-refractivity contribution >= 4 is 5.91 Å². The van der Waals surface area contributed by atoms with E-state index >= 15 is 0 Å². The number of nitrogens with one attached hydrogen (secondary N) is 2. The number of hydrogen-bond acceptors (Lipinski definition) is 4. The minimum Gasteiger partial charge on any atom is -0.346 e. The number of nitrogens with zero attached hydrogens (tertiary/aromatic N) is 4. The fraction of sp³-hybridized carbons (Fsp3) is 0.650. The van der Waals surface area contributed by atoms with Crippen LogP contribution in [0.4, 0.5) is 0 Å². The number of likely N-dealkylation sites (N-methyl/N-ethyl adjacent to an activating group) is 1. The average molecular weight is 371 g/mol. The van der Waals surface area contributed by atoms with Crippen LogP contribution in [0.25, 0.3) is 0 Å². The molecule has 0 radical (unpaired) electrons. The summed E-state index contributed by atoms with van der Waals surface area (Å²) in [6.07, 6.45) is 4.21. The highest BCUT2D eigenvalue weighted by Gasteiger charge is 2.40. The van der Waals surface area contributed by atoms with Crippen LogP contribution in [0.1, 0.15) is 53.4 Å². The summed E-state index contributed by atoms with van der Waals surface area (Å²) < 4.78 is 0. The van der Waals surface area contributed by atoms with E-state index in [-0.39, 0.29) is 17.7 Å². The molecule has 4 rings (SSSR count). The monoisotopic (exact) mass is 370 g/mol. The van der Waals surface area contributed by atoms with Crippen LogP contribution in [0.15, 0.2) is 0 Å². The van der Waals surface area contributed by atoms with E-state index in [0.29, 0.717) is 6.54 Å². The van der Waals surface area contributed by atoms with Gasteiger partial charge in [0.15, 0.2) is 0 Å². The van der Waals surface area contributed by atoms with Crippen molar-refractivity contribution in [1.82, 2.24) is 30.0 Å². The summed E-state index contributed by atoms with van der Waals surface area (Å²) >= 11 is 0. The van der Waals surface area contributed by atoms with Crippen LogP contribution in [0, 0.1) is 12.8 Å². The molecule has 1 aliphatic carbocycles. The van der Waals surface area contributed by atoms with Gasteiger partial charge in [-0.1, -0.05) is 6.92 Å². The van der Waals surface area contributed by atoms with Gasteiger partial charge in [0, 0.05) is 43.9 Å². The fourth-order valence-corrected chi connectivity index (χ4v) is 4.70. The first-order valence-corrected chi connectivity index (χ1v) is 10.0. The standard InChI is InChI=1S/C20H30N6O/c1-5-18-21-12(2)19(22-18)14-9-25(3)10-15(14)20(27)26(4)11-17-13-7-6-8-16(13)23-24-17/h14-15H,5-11H2,1-4H3,(H,21,22)(H,23,24)/t14-,15-/m0/s1. The van der Waals surface area contributed by atoms with Gasteiger partial charge < -0.3 is 14.8 Å². The molecule has 146 valence electrons. The van der Waals surface area contributed by atoms with Gasteiger partial charge in [0.05, 0.1) is 23.9 Å². The number of carbonyl (C=O) groups excluding carboxylic acids is 1. The molecule has 1 aliphatic heterocycles. The molecule has 1 saturated heterocycles. The highest BCUT2D eigenvalue weighted by atomic mass is 16.2. The summed E-state index contributed by atoms with van der Waals surface area (Å²) in [5.41, 5.74) is 5.76. The molecule has 2 atom stereocenters. The molecule has 0 spiro atoms. The van der Waals surface area contributed by atoms with Gasteiger partial charge in [-0.2, -0.15) is 5.10 Å². The number of aromatic amines is 2. The minimum absolute atomic E-state index is 0.0568. The van der Waals surface area contributed by atoms with Crippen molar-refractivity contribution in [2.24, 2.45) is 5.92 Å². The van der Waals surface area contributed by atoms with Gasteiger partial charge in [-0.3, -0.25) is 9.89 Å². The van der Waals surface area contributed by atoms with Crippen molar-refractivity contribution in [2.75, 3.05) is 27.2 Å². The zero-order valence-electron chi connectivity index (χ0n) is 16.8. The van der Waals surface area contributed by atoms with E-state index in [2.05, 4.69) is 41.0 Å². The molecule has 0 unspecified atom stereocenters. The van der Waals surface area contributed by atoms with Crippen LogP contribution >= 0.6 is 0 Å². The third kappa shape index (κ3) is 3.29. The molecule has 1 fully saturated rings. The Morgan fingerprint density at radius 2 is 2.15 bits per heavy atom. The summed E-state index contributed by atoms with van der Waals surface area (Å²) in [7, 11) is 3.99. The van der Waals surface area contributed by atoms with E-state index in [4.69, 9.17) is 4.98 Å². The van der Waals surface area contributed by atoms with Crippen LogP contribution in [0.3, 0.4) is 0 Å². The molecule has 27 heavy (non-hydrogen) atoms. The number of H-pyrrole nitrogens is 2. The number of fused-ring (bicyclic) bond motifs is 1. The van der Waals surface area contributed by atoms with E-state index in [1.807, 2.05) is 11.9 Å². The maximum absolute atomic E-state index is 13.3. The first-order valence-electron chi connectivity index (χ1n) is 10.0. The summed E-state index contributed by atoms with van der Waals surface area (Å²) in [6, 6.07) is 0. The Morgan fingerprint density at radius 3 is 2.89 bits per heavy atom. The van der Waals surface area contributed by atoms with Crippen LogP contribution in [-0.2, 0) is 30.6 Å². The van der Waals surface area contributed by atoms with E-state index < -0.39 is 0 Å². The Kier molecular flexibility index (Phi) is 4.80.